The first-order valence-corrected chi connectivity index (χ1v) is 3.80. The number of nitrogens with two attached hydrogens (primary N) is 1. The maximum atomic E-state index is 9.41. The summed E-state index contributed by atoms with van der Waals surface area (Å²) in [4.78, 5) is 0. The van der Waals surface area contributed by atoms with Gasteiger partial charge in [0.25, 0.3) is 0 Å². The molecule has 0 unspecified atom stereocenters. The highest BCUT2D eigenvalue weighted by molar-refractivity contribution is 5.78. The highest BCUT2D eigenvalue weighted by Crippen LogP contribution is 2.28. The molecule has 0 spiro atoms. The summed E-state index contributed by atoms with van der Waals surface area (Å²) in [5.41, 5.74) is 8.08. The highest BCUT2D eigenvalue weighted by Gasteiger charge is 2.11. The molecule has 1 aliphatic rings. The molecule has 1 aromatic rings. The minimum absolute atomic E-state index is 0.524. The zero-order valence-electron chi connectivity index (χ0n) is 6.57. The third-order valence-electron chi connectivity index (χ3n) is 1.96. The van der Waals surface area contributed by atoms with Gasteiger partial charge in [0.1, 0.15) is 0 Å². The second-order valence-corrected chi connectivity index (χ2v) is 2.76. The lowest BCUT2D eigenvalue weighted by Gasteiger charge is -2.21. The predicted molar refractivity (Wildman–Crippen MR) is 49.0 cm³/mol. The summed E-state index contributed by atoms with van der Waals surface area (Å²) >= 11 is 0. The molecule has 2 rings (SSSR count). The molecule has 62 valence electrons. The van der Waals surface area contributed by atoms with E-state index in [2.05, 4.69) is 0 Å². The van der Waals surface area contributed by atoms with Crippen LogP contribution in [0.15, 0.2) is 24.3 Å². The van der Waals surface area contributed by atoms with Crippen molar-refractivity contribution in [3.8, 4) is 0 Å². The van der Waals surface area contributed by atoms with Crippen LogP contribution >= 0.6 is 0 Å². The predicted octanol–water partition coefficient (Wildman–Crippen LogP) is 1.49. The molecule has 1 aliphatic heterocycles. The van der Waals surface area contributed by atoms with Gasteiger partial charge in [0.2, 0.25) is 0 Å². The fourth-order valence-corrected chi connectivity index (χ4v) is 1.35. The van der Waals surface area contributed by atoms with Crippen molar-refractivity contribution in [3.05, 3.63) is 29.8 Å². The summed E-state index contributed by atoms with van der Waals surface area (Å²) in [5, 5.41) is 10.6. The zero-order chi connectivity index (χ0) is 8.55. The Bertz CT molecular complexity index is 333. The van der Waals surface area contributed by atoms with E-state index >= 15 is 0 Å². The van der Waals surface area contributed by atoms with E-state index < -0.39 is 0 Å². The largest absolute Gasteiger partial charge is 0.398 e. The molecule has 0 bridgehead atoms. The molecule has 0 aliphatic carbocycles. The van der Waals surface area contributed by atoms with Gasteiger partial charge in [0, 0.05) is 11.3 Å². The van der Waals surface area contributed by atoms with Crippen LogP contribution in [0.4, 0.5) is 11.4 Å². The number of nitrogen functional groups attached to an aromatic ring is 1. The molecule has 0 fully saturated rings. The number of hydroxylamine groups is 1. The average Bonchev–Trinajstić information content (AvgIpc) is 2.07. The van der Waals surface area contributed by atoms with Crippen molar-refractivity contribution in [2.45, 2.75) is 0 Å². The molecule has 12 heavy (non-hydrogen) atoms. The number of hydrogen-bond acceptors (Lipinski definition) is 3. The fraction of sp³-hybridized carbons (Fsp3) is 0.111. The average molecular weight is 162 g/mol. The van der Waals surface area contributed by atoms with Crippen molar-refractivity contribution in [2.75, 3.05) is 17.3 Å². The molecule has 3 nitrogen and oxygen atoms in total. The summed E-state index contributed by atoms with van der Waals surface area (Å²) in [6, 6.07) is 5.49. The lowest BCUT2D eigenvalue weighted by molar-refractivity contribution is 0.265. The Kier molecular flexibility index (Phi) is 1.52. The van der Waals surface area contributed by atoms with Crippen LogP contribution in [0.3, 0.4) is 0 Å². The lowest BCUT2D eigenvalue weighted by atomic mass is 10.1. The molecule has 0 atom stereocenters. The third kappa shape index (κ3) is 0.950. The fourth-order valence-electron chi connectivity index (χ4n) is 1.35. The van der Waals surface area contributed by atoms with Gasteiger partial charge < -0.3 is 5.73 Å². The van der Waals surface area contributed by atoms with E-state index in [9.17, 15) is 5.21 Å². The number of nitrogens with zero attached hydrogens (tertiary/aromatic N) is 1. The first kappa shape index (κ1) is 7.18. The van der Waals surface area contributed by atoms with Crippen LogP contribution in [0.25, 0.3) is 6.08 Å². The van der Waals surface area contributed by atoms with E-state index in [1.54, 1.807) is 0 Å². The van der Waals surface area contributed by atoms with Gasteiger partial charge in [0.05, 0.1) is 12.2 Å². The van der Waals surface area contributed by atoms with Crippen LogP contribution in [-0.4, -0.2) is 11.8 Å². The highest BCUT2D eigenvalue weighted by atomic mass is 16.5. The second-order valence-electron chi connectivity index (χ2n) is 2.76. The third-order valence-corrected chi connectivity index (χ3v) is 1.96. The maximum absolute atomic E-state index is 9.41. The molecule has 1 heterocycles. The van der Waals surface area contributed by atoms with Crippen molar-refractivity contribution >= 4 is 17.5 Å². The van der Waals surface area contributed by atoms with Gasteiger partial charge >= 0.3 is 0 Å². The Hall–Kier alpha value is -1.48. The van der Waals surface area contributed by atoms with Crippen LogP contribution < -0.4 is 10.8 Å². The molecule has 1 aromatic carbocycles. The molecule has 3 N–H and O–H groups in total. The molecular formula is C9H10N2O. The molecular weight excluding hydrogens is 152 g/mol. The SMILES string of the molecule is Nc1cccc2c1C=CCN2O. The molecule has 0 saturated heterocycles. The van der Waals surface area contributed by atoms with E-state index in [4.69, 9.17) is 5.73 Å². The zero-order valence-corrected chi connectivity index (χ0v) is 6.57. The van der Waals surface area contributed by atoms with E-state index in [0.717, 1.165) is 11.3 Å². The molecule has 0 aromatic heterocycles. The van der Waals surface area contributed by atoms with Gasteiger partial charge in [-0.1, -0.05) is 18.2 Å². The van der Waals surface area contributed by atoms with Crippen LogP contribution in [0.5, 0.6) is 0 Å². The van der Waals surface area contributed by atoms with Gasteiger partial charge in [-0.2, -0.15) is 0 Å². The summed E-state index contributed by atoms with van der Waals surface area (Å²) in [5.74, 6) is 0. The van der Waals surface area contributed by atoms with Crippen LogP contribution in [-0.2, 0) is 0 Å². The second kappa shape index (κ2) is 2.53. The Balaban J connectivity index is 2.61. The normalized spacial score (nSPS) is 14.6. The van der Waals surface area contributed by atoms with Crippen molar-refractivity contribution in [2.24, 2.45) is 0 Å². The van der Waals surface area contributed by atoms with E-state index in [1.807, 2.05) is 30.4 Å². The van der Waals surface area contributed by atoms with Crippen molar-refractivity contribution in [1.29, 1.82) is 0 Å². The Labute approximate surface area is 70.7 Å². The van der Waals surface area contributed by atoms with Crippen LogP contribution in [0.2, 0.25) is 0 Å². The van der Waals surface area contributed by atoms with Crippen LogP contribution in [0, 0.1) is 0 Å². The van der Waals surface area contributed by atoms with E-state index in [-0.39, 0.29) is 0 Å². The van der Waals surface area contributed by atoms with Crippen molar-refractivity contribution in [3.63, 3.8) is 0 Å². The number of benzene rings is 1. The molecule has 0 saturated carbocycles. The first-order valence-electron chi connectivity index (χ1n) is 3.80. The van der Waals surface area contributed by atoms with E-state index in [1.165, 1.54) is 5.06 Å². The Morgan fingerprint density at radius 1 is 1.42 bits per heavy atom. The number of fused-ring (bicyclic) bond motifs is 1. The number of anilines is 2. The van der Waals surface area contributed by atoms with Crippen LogP contribution in [0.1, 0.15) is 5.56 Å². The summed E-state index contributed by atoms with van der Waals surface area (Å²) in [6.07, 6.45) is 3.80. The Morgan fingerprint density at radius 3 is 3.00 bits per heavy atom. The van der Waals surface area contributed by atoms with Crippen molar-refractivity contribution in [1.82, 2.24) is 0 Å². The maximum Gasteiger partial charge on any atom is 0.0730 e. The van der Waals surface area contributed by atoms with Crippen molar-refractivity contribution < 1.29 is 5.21 Å². The monoisotopic (exact) mass is 162 g/mol. The standard InChI is InChI=1S/C9H10N2O/c10-8-4-1-5-9-7(8)3-2-6-11(9)12/h1-5,12H,6,10H2. The van der Waals surface area contributed by atoms with Gasteiger partial charge in [-0.3, -0.25) is 10.3 Å². The molecule has 0 amide bonds. The quantitative estimate of drug-likeness (QED) is 0.568. The molecule has 3 heteroatoms. The van der Waals surface area contributed by atoms with E-state index in [0.29, 0.717) is 12.2 Å². The minimum Gasteiger partial charge on any atom is -0.398 e. The lowest BCUT2D eigenvalue weighted by Crippen LogP contribution is -2.21. The summed E-state index contributed by atoms with van der Waals surface area (Å²) in [7, 11) is 0. The first-order chi connectivity index (χ1) is 5.79. The van der Waals surface area contributed by atoms with Gasteiger partial charge in [-0.05, 0) is 12.1 Å². The number of hydrogen-bond donors (Lipinski definition) is 2. The van der Waals surface area contributed by atoms with Gasteiger partial charge in [0.15, 0.2) is 0 Å². The molecule has 0 radical (unpaired) electrons. The van der Waals surface area contributed by atoms with Gasteiger partial charge in [-0.25, -0.2) is 0 Å². The number of rotatable bonds is 0. The Morgan fingerprint density at radius 2 is 2.25 bits per heavy atom. The smallest absolute Gasteiger partial charge is 0.0730 e. The topological polar surface area (TPSA) is 49.5 Å². The summed E-state index contributed by atoms with van der Waals surface area (Å²) in [6.45, 7) is 0.524. The minimum atomic E-state index is 0.524. The van der Waals surface area contributed by atoms with Gasteiger partial charge in [-0.15, -0.1) is 0 Å². The summed E-state index contributed by atoms with van der Waals surface area (Å²) < 4.78 is 0.